The van der Waals surface area contributed by atoms with E-state index < -0.39 is 5.97 Å². The smallest absolute Gasteiger partial charge is 0.356 e. The molecular formula is C8H7ClN6O2. The summed E-state index contributed by atoms with van der Waals surface area (Å²) in [5.74, 6) is -1.09. The van der Waals surface area contributed by atoms with E-state index in [-0.39, 0.29) is 27.9 Å². The van der Waals surface area contributed by atoms with E-state index in [9.17, 15) is 4.79 Å². The molecule has 0 spiro atoms. The summed E-state index contributed by atoms with van der Waals surface area (Å²) in [4.78, 5) is 15.9. The summed E-state index contributed by atoms with van der Waals surface area (Å²) in [5.41, 5.74) is 5.55. The van der Waals surface area contributed by atoms with E-state index in [0.717, 1.165) is 0 Å². The van der Waals surface area contributed by atoms with E-state index in [2.05, 4.69) is 20.4 Å². The highest BCUT2D eigenvalue weighted by molar-refractivity contribution is 6.35. The van der Waals surface area contributed by atoms with Gasteiger partial charge < -0.3 is 10.8 Å². The van der Waals surface area contributed by atoms with E-state index in [1.165, 1.54) is 10.9 Å². The van der Waals surface area contributed by atoms with Crippen LogP contribution in [0.15, 0.2) is 6.07 Å². The Balaban J connectivity index is 2.60. The third-order valence-corrected chi connectivity index (χ3v) is 2.32. The Morgan fingerprint density at radius 3 is 2.82 bits per heavy atom. The molecule has 0 aromatic carbocycles. The average molecular weight is 255 g/mol. The number of nitrogens with two attached hydrogens (primary N) is 1. The van der Waals surface area contributed by atoms with E-state index in [1.54, 1.807) is 7.05 Å². The van der Waals surface area contributed by atoms with Gasteiger partial charge in [0.25, 0.3) is 0 Å². The number of aromatic carboxylic acids is 1. The normalized spacial score (nSPS) is 10.5. The number of aromatic nitrogens is 5. The van der Waals surface area contributed by atoms with Crippen LogP contribution in [0.25, 0.3) is 11.5 Å². The second kappa shape index (κ2) is 3.98. The first-order chi connectivity index (χ1) is 7.99. The number of carboxylic acid groups (broad SMARTS) is 1. The fourth-order valence-corrected chi connectivity index (χ4v) is 1.37. The zero-order valence-corrected chi connectivity index (χ0v) is 9.38. The first kappa shape index (κ1) is 11.3. The molecule has 2 aromatic heterocycles. The van der Waals surface area contributed by atoms with Crippen LogP contribution in [0.2, 0.25) is 5.02 Å². The number of halogens is 1. The Morgan fingerprint density at radius 1 is 1.59 bits per heavy atom. The van der Waals surface area contributed by atoms with Crippen molar-refractivity contribution in [2.24, 2.45) is 7.05 Å². The highest BCUT2D eigenvalue weighted by Crippen LogP contribution is 2.26. The number of carbonyl (C=O) groups is 1. The number of rotatable bonds is 2. The van der Waals surface area contributed by atoms with Crippen molar-refractivity contribution >= 4 is 23.3 Å². The Labute approximate surface area is 100 Å². The third-order valence-electron chi connectivity index (χ3n) is 1.93. The molecule has 8 nitrogen and oxygen atoms in total. The molecule has 0 radical (unpaired) electrons. The van der Waals surface area contributed by atoms with Crippen molar-refractivity contribution in [2.75, 3.05) is 5.73 Å². The number of anilines is 1. The summed E-state index contributed by atoms with van der Waals surface area (Å²) in [7, 11) is 1.58. The first-order valence-corrected chi connectivity index (χ1v) is 4.80. The highest BCUT2D eigenvalue weighted by atomic mass is 35.5. The maximum atomic E-state index is 10.9. The molecule has 0 bridgehead atoms. The Hall–Kier alpha value is -2.22. The lowest BCUT2D eigenvalue weighted by Gasteiger charge is -2.03. The summed E-state index contributed by atoms with van der Waals surface area (Å²) in [6.45, 7) is 0. The maximum absolute atomic E-state index is 10.9. The number of hydrogen-bond acceptors (Lipinski definition) is 6. The van der Waals surface area contributed by atoms with Crippen LogP contribution in [0.4, 0.5) is 5.69 Å². The van der Waals surface area contributed by atoms with Crippen LogP contribution in [0.5, 0.6) is 0 Å². The summed E-state index contributed by atoms with van der Waals surface area (Å²) in [5, 5.41) is 20.0. The molecule has 0 unspecified atom stereocenters. The topological polar surface area (TPSA) is 120 Å². The molecule has 0 aliphatic heterocycles. The van der Waals surface area contributed by atoms with Crippen molar-refractivity contribution in [3.05, 3.63) is 16.8 Å². The fourth-order valence-electron chi connectivity index (χ4n) is 1.19. The molecule has 0 fully saturated rings. The highest BCUT2D eigenvalue weighted by Gasteiger charge is 2.17. The predicted octanol–water partition coefficient (Wildman–Crippen LogP) is 0.206. The van der Waals surface area contributed by atoms with Crippen LogP contribution in [-0.4, -0.2) is 36.3 Å². The van der Waals surface area contributed by atoms with Crippen molar-refractivity contribution in [3.8, 4) is 11.5 Å². The van der Waals surface area contributed by atoms with Crippen LogP contribution >= 0.6 is 11.6 Å². The zero-order chi connectivity index (χ0) is 12.6. The summed E-state index contributed by atoms with van der Waals surface area (Å²) >= 11 is 5.72. The van der Waals surface area contributed by atoms with Crippen LogP contribution in [0.3, 0.4) is 0 Å². The van der Waals surface area contributed by atoms with Crippen molar-refractivity contribution in [2.45, 2.75) is 0 Å². The third kappa shape index (κ3) is 2.02. The lowest BCUT2D eigenvalue weighted by Crippen LogP contribution is -2.05. The SMILES string of the molecule is Cn1nnc(-c2cc(N)c(Cl)c(C(=O)O)n2)n1. The van der Waals surface area contributed by atoms with E-state index in [0.29, 0.717) is 0 Å². The van der Waals surface area contributed by atoms with Crippen LogP contribution in [0, 0.1) is 0 Å². The molecule has 0 saturated heterocycles. The number of nitrogens with zero attached hydrogens (tertiary/aromatic N) is 5. The molecule has 2 heterocycles. The van der Waals surface area contributed by atoms with Gasteiger partial charge in [-0.2, -0.15) is 4.80 Å². The van der Waals surface area contributed by atoms with Gasteiger partial charge in [-0.3, -0.25) is 0 Å². The molecule has 9 heteroatoms. The molecule has 2 aromatic rings. The number of pyridine rings is 1. The standard InChI is InChI=1S/C8H7ClN6O2/c1-15-13-7(12-14-15)4-2-3(10)5(9)6(11-4)8(16)17/h2H,1H3,(H2,10,11)(H,16,17). The minimum atomic E-state index is -1.27. The van der Waals surface area contributed by atoms with E-state index >= 15 is 0 Å². The van der Waals surface area contributed by atoms with Gasteiger partial charge in [-0.25, -0.2) is 9.78 Å². The van der Waals surface area contributed by atoms with Gasteiger partial charge in [-0.1, -0.05) is 11.6 Å². The summed E-state index contributed by atoms with van der Waals surface area (Å²) in [6, 6.07) is 1.39. The van der Waals surface area contributed by atoms with Gasteiger partial charge in [0.05, 0.1) is 17.8 Å². The maximum Gasteiger partial charge on any atom is 0.356 e. The predicted molar refractivity (Wildman–Crippen MR) is 58.4 cm³/mol. The van der Waals surface area contributed by atoms with Crippen molar-refractivity contribution in [3.63, 3.8) is 0 Å². The fraction of sp³-hybridized carbons (Fsp3) is 0.125. The van der Waals surface area contributed by atoms with Gasteiger partial charge in [-0.05, 0) is 11.3 Å². The molecule has 2 rings (SSSR count). The van der Waals surface area contributed by atoms with Crippen LogP contribution in [0.1, 0.15) is 10.5 Å². The van der Waals surface area contributed by atoms with Crippen LogP contribution in [-0.2, 0) is 7.05 Å². The number of hydrogen-bond donors (Lipinski definition) is 2. The number of aryl methyl sites for hydroxylation is 1. The van der Waals surface area contributed by atoms with Crippen LogP contribution < -0.4 is 5.73 Å². The van der Waals surface area contributed by atoms with Crippen molar-refractivity contribution < 1.29 is 9.90 Å². The van der Waals surface area contributed by atoms with Gasteiger partial charge in [0.2, 0.25) is 5.82 Å². The Morgan fingerprint density at radius 2 is 2.29 bits per heavy atom. The van der Waals surface area contributed by atoms with Crippen molar-refractivity contribution in [1.82, 2.24) is 25.2 Å². The lowest BCUT2D eigenvalue weighted by molar-refractivity contribution is 0.0691. The molecule has 0 aliphatic carbocycles. The Kier molecular flexibility index (Phi) is 2.64. The molecule has 17 heavy (non-hydrogen) atoms. The average Bonchev–Trinajstić information content (AvgIpc) is 2.68. The van der Waals surface area contributed by atoms with Gasteiger partial charge >= 0.3 is 5.97 Å². The first-order valence-electron chi connectivity index (χ1n) is 4.42. The van der Waals surface area contributed by atoms with Gasteiger partial charge in [0.15, 0.2) is 5.69 Å². The Bertz CT molecular complexity index is 596. The molecule has 3 N–H and O–H groups in total. The number of nitrogen functional groups attached to an aromatic ring is 1. The lowest BCUT2D eigenvalue weighted by atomic mass is 10.2. The quantitative estimate of drug-likeness (QED) is 0.786. The van der Waals surface area contributed by atoms with Gasteiger partial charge in [0.1, 0.15) is 5.69 Å². The van der Waals surface area contributed by atoms with Gasteiger partial charge in [-0.15, -0.1) is 10.2 Å². The molecule has 0 amide bonds. The molecule has 88 valence electrons. The molecular weight excluding hydrogens is 248 g/mol. The van der Waals surface area contributed by atoms with E-state index in [1.807, 2.05) is 0 Å². The van der Waals surface area contributed by atoms with Crippen molar-refractivity contribution in [1.29, 1.82) is 0 Å². The molecule has 0 aliphatic rings. The summed E-state index contributed by atoms with van der Waals surface area (Å²) < 4.78 is 0. The zero-order valence-electron chi connectivity index (χ0n) is 8.62. The minimum Gasteiger partial charge on any atom is -0.476 e. The minimum absolute atomic E-state index is 0.0986. The number of tetrazole rings is 1. The second-order valence-corrected chi connectivity index (χ2v) is 3.54. The monoisotopic (exact) mass is 254 g/mol. The second-order valence-electron chi connectivity index (χ2n) is 3.17. The van der Waals surface area contributed by atoms with Gasteiger partial charge in [0, 0.05) is 0 Å². The largest absolute Gasteiger partial charge is 0.476 e. The van der Waals surface area contributed by atoms with E-state index in [4.69, 9.17) is 22.4 Å². The summed E-state index contributed by atoms with van der Waals surface area (Å²) in [6.07, 6.45) is 0. The molecule has 0 saturated carbocycles. The molecule has 0 atom stereocenters. The number of carboxylic acids is 1.